The maximum atomic E-state index is 12.0. The first-order chi connectivity index (χ1) is 11.0. The quantitative estimate of drug-likeness (QED) is 0.442. The summed E-state index contributed by atoms with van der Waals surface area (Å²) in [5, 5.41) is 0. The summed E-state index contributed by atoms with van der Waals surface area (Å²) in [6.07, 6.45) is 6.20. The zero-order valence-electron chi connectivity index (χ0n) is 14.3. The molecule has 5 heteroatoms. The van der Waals surface area contributed by atoms with Gasteiger partial charge in [-0.15, -0.1) is 0 Å². The van der Waals surface area contributed by atoms with Crippen LogP contribution in [-0.4, -0.2) is 48.7 Å². The minimum atomic E-state index is -0.303. The van der Waals surface area contributed by atoms with Crippen LogP contribution in [0.1, 0.15) is 34.1 Å². The smallest absolute Gasteiger partial charge is 0.333 e. The molecule has 2 aliphatic heterocycles. The van der Waals surface area contributed by atoms with Crippen molar-refractivity contribution in [3.63, 3.8) is 0 Å². The van der Waals surface area contributed by atoms with Crippen molar-refractivity contribution >= 4 is 11.9 Å². The molecular formula is C18H25NO4. The lowest BCUT2D eigenvalue weighted by Gasteiger charge is -2.24. The predicted octanol–water partition coefficient (Wildman–Crippen LogP) is 2.39. The zero-order chi connectivity index (χ0) is 17.0. The third kappa shape index (κ3) is 3.91. The van der Waals surface area contributed by atoms with Crippen LogP contribution >= 0.6 is 0 Å². The summed E-state index contributed by atoms with van der Waals surface area (Å²) in [4.78, 5) is 26.0. The Kier molecular flexibility index (Phi) is 5.77. The van der Waals surface area contributed by atoms with Crippen LogP contribution in [0.25, 0.3) is 0 Å². The molecule has 0 aromatic heterocycles. The van der Waals surface area contributed by atoms with Gasteiger partial charge in [-0.2, -0.15) is 0 Å². The first kappa shape index (κ1) is 17.5. The van der Waals surface area contributed by atoms with Crippen LogP contribution in [0.2, 0.25) is 0 Å². The second-order valence-electron chi connectivity index (χ2n) is 5.97. The Hall–Kier alpha value is -1.88. The van der Waals surface area contributed by atoms with Gasteiger partial charge in [0.15, 0.2) is 0 Å². The minimum Gasteiger partial charge on any atom is -0.458 e. The minimum absolute atomic E-state index is 0.0299. The van der Waals surface area contributed by atoms with E-state index >= 15 is 0 Å². The van der Waals surface area contributed by atoms with Gasteiger partial charge in [-0.05, 0) is 39.7 Å². The fraction of sp³-hybridized carbons (Fsp3) is 0.556. The molecule has 0 radical (unpaired) electrons. The van der Waals surface area contributed by atoms with Gasteiger partial charge in [0, 0.05) is 24.2 Å². The van der Waals surface area contributed by atoms with Crippen LogP contribution in [-0.2, 0) is 19.1 Å². The summed E-state index contributed by atoms with van der Waals surface area (Å²) < 4.78 is 11.0. The molecule has 126 valence electrons. The summed E-state index contributed by atoms with van der Waals surface area (Å²) in [7, 11) is 0. The number of esters is 2. The van der Waals surface area contributed by atoms with Crippen molar-refractivity contribution in [1.82, 2.24) is 4.90 Å². The van der Waals surface area contributed by atoms with Crippen LogP contribution in [0.5, 0.6) is 0 Å². The zero-order valence-corrected chi connectivity index (χ0v) is 14.3. The molecule has 0 aromatic rings. The molecule has 0 amide bonds. The molecule has 0 spiro atoms. The van der Waals surface area contributed by atoms with E-state index in [1.165, 1.54) is 0 Å². The predicted molar refractivity (Wildman–Crippen MR) is 87.8 cm³/mol. The molecule has 2 rings (SSSR count). The molecule has 0 aliphatic carbocycles. The summed E-state index contributed by atoms with van der Waals surface area (Å²) in [6.45, 7) is 9.07. The van der Waals surface area contributed by atoms with Crippen LogP contribution in [0.15, 0.2) is 34.9 Å². The van der Waals surface area contributed by atoms with E-state index < -0.39 is 0 Å². The van der Waals surface area contributed by atoms with E-state index in [-0.39, 0.29) is 30.7 Å². The monoisotopic (exact) mass is 319 g/mol. The van der Waals surface area contributed by atoms with Gasteiger partial charge >= 0.3 is 11.9 Å². The van der Waals surface area contributed by atoms with Crippen molar-refractivity contribution in [1.29, 1.82) is 0 Å². The summed E-state index contributed by atoms with van der Waals surface area (Å²) in [5.41, 5.74) is 2.23. The number of carbonyl (C=O) groups is 2. The first-order valence-electron chi connectivity index (χ1n) is 8.04. The molecule has 1 saturated heterocycles. The molecule has 0 unspecified atom stereocenters. The molecular weight excluding hydrogens is 294 g/mol. The molecule has 0 aromatic carbocycles. The van der Waals surface area contributed by atoms with Crippen molar-refractivity contribution in [2.75, 3.05) is 19.7 Å². The average Bonchev–Trinajstić information content (AvgIpc) is 3.14. The van der Waals surface area contributed by atoms with E-state index in [9.17, 15) is 9.59 Å². The van der Waals surface area contributed by atoms with E-state index in [1.807, 2.05) is 13.8 Å². The van der Waals surface area contributed by atoms with E-state index in [4.69, 9.17) is 9.47 Å². The van der Waals surface area contributed by atoms with Crippen molar-refractivity contribution in [2.45, 2.75) is 46.3 Å². The van der Waals surface area contributed by atoms with Gasteiger partial charge in [0.2, 0.25) is 0 Å². The second kappa shape index (κ2) is 7.59. The normalized spacial score (nSPS) is 25.1. The van der Waals surface area contributed by atoms with Crippen molar-refractivity contribution in [3.05, 3.63) is 34.9 Å². The van der Waals surface area contributed by atoms with Crippen LogP contribution < -0.4 is 0 Å². The summed E-state index contributed by atoms with van der Waals surface area (Å²) in [6, 6.07) is 0.0299. The summed E-state index contributed by atoms with van der Waals surface area (Å²) in [5.74, 6) is -0.574. The van der Waals surface area contributed by atoms with Gasteiger partial charge in [0.05, 0.1) is 6.04 Å². The van der Waals surface area contributed by atoms with Crippen molar-refractivity contribution < 1.29 is 19.1 Å². The topological polar surface area (TPSA) is 55.8 Å². The number of allylic oxidation sites excluding steroid dienone is 2. The van der Waals surface area contributed by atoms with E-state index in [0.29, 0.717) is 11.1 Å². The molecule has 2 atom stereocenters. The molecule has 23 heavy (non-hydrogen) atoms. The standard InChI is InChI=1S/C18H25NO4/c1-5-12(3)17(20)22-11-14-7-9-19-10-8-15(16(14)19)23-18(21)13(4)6-2/h5-7,15-16H,8-11H2,1-4H3/b12-5+,13-6+/t15-,16+/m0/s1. The van der Waals surface area contributed by atoms with E-state index in [1.54, 1.807) is 26.0 Å². The Labute approximate surface area is 137 Å². The van der Waals surface area contributed by atoms with Crippen LogP contribution in [0.4, 0.5) is 0 Å². The van der Waals surface area contributed by atoms with Crippen molar-refractivity contribution in [2.24, 2.45) is 0 Å². The Balaban J connectivity index is 1.98. The highest BCUT2D eigenvalue weighted by molar-refractivity contribution is 5.88. The highest BCUT2D eigenvalue weighted by Gasteiger charge is 2.41. The maximum Gasteiger partial charge on any atom is 0.333 e. The van der Waals surface area contributed by atoms with Gasteiger partial charge in [-0.25, -0.2) is 9.59 Å². The van der Waals surface area contributed by atoms with Crippen molar-refractivity contribution in [3.8, 4) is 0 Å². The third-order valence-electron chi connectivity index (χ3n) is 4.55. The first-order valence-corrected chi connectivity index (χ1v) is 8.04. The average molecular weight is 319 g/mol. The molecule has 0 bridgehead atoms. The Bertz CT molecular complexity index is 574. The Morgan fingerprint density at radius 1 is 1.22 bits per heavy atom. The fourth-order valence-corrected chi connectivity index (χ4v) is 2.86. The molecule has 5 nitrogen and oxygen atoms in total. The Morgan fingerprint density at radius 3 is 2.52 bits per heavy atom. The van der Waals surface area contributed by atoms with Gasteiger partial charge in [-0.1, -0.05) is 18.2 Å². The van der Waals surface area contributed by atoms with E-state index in [2.05, 4.69) is 11.0 Å². The number of rotatable bonds is 5. The van der Waals surface area contributed by atoms with Gasteiger partial charge in [0.1, 0.15) is 12.7 Å². The Morgan fingerprint density at radius 2 is 1.87 bits per heavy atom. The number of carbonyl (C=O) groups excluding carboxylic acids is 2. The fourth-order valence-electron chi connectivity index (χ4n) is 2.86. The highest BCUT2D eigenvalue weighted by atomic mass is 16.5. The number of hydrogen-bond donors (Lipinski definition) is 0. The molecule has 1 fully saturated rings. The second-order valence-corrected chi connectivity index (χ2v) is 5.97. The lowest BCUT2D eigenvalue weighted by molar-refractivity contribution is -0.145. The SMILES string of the molecule is C/C=C(\C)C(=O)OCC1=CCN2CC[C@H](OC(=O)/C(C)=C/C)[C@@H]12. The highest BCUT2D eigenvalue weighted by Crippen LogP contribution is 2.31. The largest absolute Gasteiger partial charge is 0.458 e. The van der Waals surface area contributed by atoms with Gasteiger partial charge < -0.3 is 9.47 Å². The molecule has 2 heterocycles. The van der Waals surface area contributed by atoms with E-state index in [0.717, 1.165) is 25.1 Å². The molecule has 0 N–H and O–H groups in total. The van der Waals surface area contributed by atoms with Crippen LogP contribution in [0.3, 0.4) is 0 Å². The molecule has 2 aliphatic rings. The van der Waals surface area contributed by atoms with Gasteiger partial charge in [0.25, 0.3) is 0 Å². The third-order valence-corrected chi connectivity index (χ3v) is 4.55. The number of ether oxygens (including phenoxy) is 2. The number of fused-ring (bicyclic) bond motifs is 1. The lowest BCUT2D eigenvalue weighted by Crippen LogP contribution is -2.36. The van der Waals surface area contributed by atoms with Crippen LogP contribution in [0, 0.1) is 0 Å². The summed E-state index contributed by atoms with van der Waals surface area (Å²) >= 11 is 0. The molecule has 0 saturated carbocycles. The maximum absolute atomic E-state index is 12.0. The number of hydrogen-bond acceptors (Lipinski definition) is 5. The van der Waals surface area contributed by atoms with Gasteiger partial charge in [-0.3, -0.25) is 4.90 Å². The number of nitrogens with zero attached hydrogens (tertiary/aromatic N) is 1. The lowest BCUT2D eigenvalue weighted by atomic mass is 10.0.